The van der Waals surface area contributed by atoms with Gasteiger partial charge in [0.05, 0.1) is 68.2 Å². The maximum Gasteiger partial charge on any atom is 0.330 e. The Bertz CT molecular complexity index is 3450. The second-order valence-corrected chi connectivity index (χ2v) is 28.6. The number of halogens is 10. The quantitative estimate of drug-likeness (QED) is 0.0128. The van der Waals surface area contributed by atoms with E-state index >= 15 is 0 Å². The molecule has 8 rings (SSSR count). The second kappa shape index (κ2) is 35.3. The zero-order chi connectivity index (χ0) is 68.5. The molecule has 0 N–H and O–H groups in total. The van der Waals surface area contributed by atoms with Crippen molar-refractivity contribution in [3.8, 4) is 11.5 Å². The van der Waals surface area contributed by atoms with E-state index in [1.807, 2.05) is 97.1 Å². The third-order valence-corrected chi connectivity index (χ3v) is 19.8. The zero-order valence-corrected chi connectivity index (χ0v) is 62.3. The third-order valence-electron chi connectivity index (χ3n) is 16.0. The first kappa shape index (κ1) is 75.3. The topological polar surface area (TPSA) is 133 Å². The summed E-state index contributed by atoms with van der Waals surface area (Å²) in [6.07, 6.45) is 1.07. The lowest BCUT2D eigenvalue weighted by Crippen LogP contribution is -2.36. The lowest BCUT2D eigenvalue weighted by molar-refractivity contribution is -0.155. The van der Waals surface area contributed by atoms with Crippen LogP contribution < -0.4 is 9.47 Å². The summed E-state index contributed by atoms with van der Waals surface area (Å²) in [5, 5.41) is 3.17. The Kier molecular flexibility index (Phi) is 28.0. The Morgan fingerprint density at radius 1 is 0.421 bits per heavy atom. The normalized spacial score (nSPS) is 12.3. The highest BCUT2D eigenvalue weighted by Gasteiger charge is 2.42. The number of Topliss-reactive ketones (excluding diaryl/α,β-unsaturated/α-hetero) is 1. The van der Waals surface area contributed by atoms with Crippen molar-refractivity contribution in [2.45, 2.75) is 55.5 Å². The Morgan fingerprint density at radius 3 is 1.05 bits per heavy atom. The van der Waals surface area contributed by atoms with Gasteiger partial charge in [0.2, 0.25) is 0 Å². The molecule has 0 amide bonds. The molecule has 0 aliphatic heterocycles. The van der Waals surface area contributed by atoms with E-state index in [0.717, 1.165) is 56.7 Å². The van der Waals surface area contributed by atoms with Gasteiger partial charge in [0.15, 0.2) is 6.10 Å². The van der Waals surface area contributed by atoms with Gasteiger partial charge in [0.1, 0.15) is 37.1 Å². The number of hydrogen-bond donors (Lipinski definition) is 0. The van der Waals surface area contributed by atoms with Gasteiger partial charge in [-0.1, -0.05) is 169 Å². The fraction of sp³-hybridized carbons (Fsp3) is 0.243. The van der Waals surface area contributed by atoms with Gasteiger partial charge in [-0.05, 0) is 205 Å². The minimum Gasteiger partial charge on any atom is -0.491 e. The van der Waals surface area contributed by atoms with Gasteiger partial charge >= 0.3 is 17.9 Å². The van der Waals surface area contributed by atoms with Crippen LogP contribution in [0.25, 0.3) is 0 Å². The summed E-state index contributed by atoms with van der Waals surface area (Å²) in [6.45, 7) is 10.9. The second-order valence-electron chi connectivity index (χ2n) is 22.6. The monoisotopic (exact) mass is 1650 g/mol. The van der Waals surface area contributed by atoms with Crippen molar-refractivity contribution in [3.05, 3.63) is 288 Å². The van der Waals surface area contributed by atoms with Gasteiger partial charge in [-0.3, -0.25) is 9.59 Å². The summed E-state index contributed by atoms with van der Waals surface area (Å²) in [5.74, 6) is -1.42. The van der Waals surface area contributed by atoms with Crippen LogP contribution in [0, 0.1) is 5.92 Å². The molecular formula is C74H64Br4Cl6O11. The van der Waals surface area contributed by atoms with Crippen LogP contribution in [-0.2, 0) is 59.1 Å². The molecule has 0 spiro atoms. The van der Waals surface area contributed by atoms with Crippen LogP contribution in [-0.4, -0.2) is 82.7 Å². The summed E-state index contributed by atoms with van der Waals surface area (Å²) in [4.78, 5) is 53.4. The van der Waals surface area contributed by atoms with Crippen molar-refractivity contribution in [2.24, 2.45) is 5.92 Å². The minimum atomic E-state index is -1.11. The van der Waals surface area contributed by atoms with E-state index in [0.29, 0.717) is 59.5 Å². The van der Waals surface area contributed by atoms with E-state index < -0.39 is 46.2 Å². The lowest BCUT2D eigenvalue weighted by Gasteiger charge is -2.36. The number of benzene rings is 8. The van der Waals surface area contributed by atoms with Crippen LogP contribution in [0.1, 0.15) is 77.6 Å². The van der Waals surface area contributed by atoms with Crippen molar-refractivity contribution in [1.29, 1.82) is 0 Å². The number of ether oxygens (including phenoxy) is 7. The summed E-state index contributed by atoms with van der Waals surface area (Å²) in [6, 6.07) is 52.1. The SMILES string of the molecule is C=CC(=O)OCCOCC(COc1c(Br)cc(C(C)(C)c2cc(Br)c(OCC(COCCOC(=O)C=C)OC(=O)CC(c3ccc(Cl)cc3)(c3ccc(Cl)cc3)c3ccc(Cl)cc3)c(Br)c2)cc1Br)CC(=O)CC(c1ccc(Cl)cc1)(c1ccc(Cl)cc1)c1ccc(Cl)cc1. The van der Waals surface area contributed by atoms with Gasteiger partial charge in [0, 0.05) is 66.5 Å². The average Bonchev–Trinajstić information content (AvgIpc) is 0.774. The molecule has 0 radical (unpaired) electrons. The van der Waals surface area contributed by atoms with Gasteiger partial charge < -0.3 is 33.2 Å². The van der Waals surface area contributed by atoms with Crippen LogP contribution in [0.3, 0.4) is 0 Å². The summed E-state index contributed by atoms with van der Waals surface area (Å²) in [7, 11) is 0. The fourth-order valence-corrected chi connectivity index (χ4v) is 14.7. The fourth-order valence-electron chi connectivity index (χ4n) is 11.1. The molecular weight excluding hydrogens is 1600 g/mol. The van der Waals surface area contributed by atoms with Gasteiger partial charge in [-0.2, -0.15) is 0 Å². The van der Waals surface area contributed by atoms with E-state index in [4.69, 9.17) is 103 Å². The van der Waals surface area contributed by atoms with Gasteiger partial charge in [-0.15, -0.1) is 0 Å². The molecule has 95 heavy (non-hydrogen) atoms. The summed E-state index contributed by atoms with van der Waals surface area (Å²) < 4.78 is 44.3. The first-order chi connectivity index (χ1) is 45.4. The molecule has 0 saturated carbocycles. The van der Waals surface area contributed by atoms with Crippen LogP contribution in [0.15, 0.2) is 213 Å². The minimum absolute atomic E-state index is 0.00519. The average molecular weight is 1660 g/mol. The molecule has 2 atom stereocenters. The Balaban J connectivity index is 1.02. The van der Waals surface area contributed by atoms with E-state index in [1.165, 1.54) is 0 Å². The van der Waals surface area contributed by atoms with E-state index in [-0.39, 0.29) is 77.9 Å². The Hall–Kier alpha value is -5.50. The molecule has 2 unspecified atom stereocenters. The smallest absolute Gasteiger partial charge is 0.330 e. The molecule has 0 aliphatic carbocycles. The number of carbonyl (C=O) groups excluding carboxylic acids is 4. The van der Waals surface area contributed by atoms with Gasteiger partial charge in [-0.25, -0.2) is 9.59 Å². The molecule has 0 fully saturated rings. The third kappa shape index (κ3) is 19.9. The maximum absolute atomic E-state index is 14.9. The number of carbonyl (C=O) groups is 4. The molecule has 0 heterocycles. The van der Waals surface area contributed by atoms with Crippen LogP contribution in [0.2, 0.25) is 30.1 Å². The van der Waals surface area contributed by atoms with Crippen LogP contribution in [0.4, 0.5) is 0 Å². The molecule has 0 bridgehead atoms. The van der Waals surface area contributed by atoms with Crippen molar-refractivity contribution in [3.63, 3.8) is 0 Å². The predicted octanol–water partition coefficient (Wildman–Crippen LogP) is 20.6. The molecule has 0 saturated heterocycles. The van der Waals surface area contributed by atoms with Gasteiger partial charge in [0.25, 0.3) is 0 Å². The first-order valence-electron chi connectivity index (χ1n) is 29.7. The summed E-state index contributed by atoms with van der Waals surface area (Å²) in [5.41, 5.74) is 3.80. The highest BCUT2D eigenvalue weighted by molar-refractivity contribution is 9.11. The molecule has 8 aromatic rings. The molecule has 11 nitrogen and oxygen atoms in total. The van der Waals surface area contributed by atoms with Crippen molar-refractivity contribution < 1.29 is 52.3 Å². The van der Waals surface area contributed by atoms with E-state index in [2.05, 4.69) is 90.7 Å². The zero-order valence-electron chi connectivity index (χ0n) is 51.4. The maximum atomic E-state index is 14.9. The summed E-state index contributed by atoms with van der Waals surface area (Å²) >= 11 is 53.8. The predicted molar refractivity (Wildman–Crippen MR) is 391 cm³/mol. The molecule has 0 aromatic heterocycles. The standard InChI is InChI=1S/C74H64Br4Cl6O11/c1-5-67(86)91-33-31-89-42-46(35-61(85)40-73(47-7-19-55(79)20-8-47,48-9-21-56(80)22-10-48)49-11-23-57(81)24-12-49)43-93-70-63(75)36-53(37-64(70)76)72(3,4)54-38-65(77)71(66(78)39-54)94-45-62(44-90-32-34-92-68(87)6-2)95-69(88)41-74(50-13-25-58(82)26-14-50,51-15-27-59(83)28-16-51)52-17-29-60(84)30-18-52/h5-30,36-39,46,62H,1-2,31-35,40-45H2,3-4H3. The van der Waals surface area contributed by atoms with Crippen LogP contribution >= 0.6 is 133 Å². The molecule has 0 aliphatic rings. The van der Waals surface area contributed by atoms with Crippen molar-refractivity contribution >= 4 is 157 Å². The molecule has 496 valence electrons. The number of ketones is 1. The highest BCUT2D eigenvalue weighted by Crippen LogP contribution is 2.48. The first-order valence-corrected chi connectivity index (χ1v) is 35.2. The Labute approximate surface area is 617 Å². The largest absolute Gasteiger partial charge is 0.491 e. The van der Waals surface area contributed by atoms with Crippen LogP contribution in [0.5, 0.6) is 11.5 Å². The number of hydrogen-bond acceptors (Lipinski definition) is 11. The highest BCUT2D eigenvalue weighted by atomic mass is 79.9. The van der Waals surface area contributed by atoms with E-state index in [9.17, 15) is 19.2 Å². The lowest BCUT2D eigenvalue weighted by atomic mass is 9.66. The van der Waals surface area contributed by atoms with Crippen molar-refractivity contribution in [1.82, 2.24) is 0 Å². The van der Waals surface area contributed by atoms with Crippen molar-refractivity contribution in [2.75, 3.05) is 52.9 Å². The number of esters is 3. The van der Waals surface area contributed by atoms with E-state index in [1.54, 1.807) is 72.8 Å². The Morgan fingerprint density at radius 2 is 0.726 bits per heavy atom. The molecule has 21 heteroatoms. The molecule has 8 aromatic carbocycles. The number of rotatable bonds is 33.